The molecule has 14 heavy (non-hydrogen) atoms. The predicted octanol–water partition coefficient (Wildman–Crippen LogP) is -8.02. The second-order valence-corrected chi connectivity index (χ2v) is 1.89. The molecule has 0 spiro atoms. The van der Waals surface area contributed by atoms with Crippen LogP contribution < -0.4 is 43.0 Å². The molecule has 3 N–H and O–H groups in total. The number of benzene rings is 1. The Bertz CT molecular complexity index is 273. The summed E-state index contributed by atoms with van der Waals surface area (Å²) in [5.41, 5.74) is 5.80. The third-order valence-electron chi connectivity index (χ3n) is 1.19. The van der Waals surface area contributed by atoms with Crippen molar-refractivity contribution >= 4 is 11.7 Å². The molecule has 1 aromatic rings. The molecule has 0 aliphatic carbocycles. The van der Waals surface area contributed by atoms with Gasteiger partial charge in [0.25, 0.3) is 0 Å². The van der Waals surface area contributed by atoms with E-state index >= 15 is 0 Å². The summed E-state index contributed by atoms with van der Waals surface area (Å²) in [6.45, 7) is 0. The van der Waals surface area contributed by atoms with E-state index < -0.39 is 5.97 Å². The van der Waals surface area contributed by atoms with Crippen LogP contribution in [-0.4, -0.2) is 11.1 Å². The van der Waals surface area contributed by atoms with E-state index in [2.05, 4.69) is 0 Å². The summed E-state index contributed by atoms with van der Waals surface area (Å²) in [5, 5.41) is 8.49. The van der Waals surface area contributed by atoms with Gasteiger partial charge in [0.15, 0.2) is 0 Å². The summed E-state index contributed by atoms with van der Waals surface area (Å²) in [6.07, 6.45) is 0. The van der Waals surface area contributed by atoms with Crippen molar-refractivity contribution in [3.8, 4) is 0 Å². The first-order valence-corrected chi connectivity index (χ1v) is 2.79. The van der Waals surface area contributed by atoms with Crippen LogP contribution in [0.2, 0.25) is 0 Å². The first-order chi connectivity index (χ1) is 4.72. The zero-order valence-electron chi connectivity index (χ0n) is 6.75. The van der Waals surface area contributed by atoms with Crippen LogP contribution in [-0.2, 0) is 0 Å². The molecule has 0 saturated carbocycles. The van der Waals surface area contributed by atoms with Crippen molar-refractivity contribution in [2.45, 2.75) is 0 Å². The monoisotopic (exact) mass is 395 g/mol. The number of hydrogen-bond donors (Lipinski definition) is 2. The third kappa shape index (κ3) is 7.26. The zero-order chi connectivity index (χ0) is 7.56. The van der Waals surface area contributed by atoms with Crippen molar-refractivity contribution in [1.29, 1.82) is 0 Å². The SMILES string of the molecule is Nc1ccccc1C(=O)O.[Cl-].[Cl-].[Cl-].[Eu+3]. The van der Waals surface area contributed by atoms with E-state index in [0.29, 0.717) is 5.69 Å². The fourth-order valence-corrected chi connectivity index (χ4v) is 0.692. The molecular formula is C7H7Cl3EuNO2. The maximum atomic E-state index is 10.3. The van der Waals surface area contributed by atoms with Gasteiger partial charge in [-0.15, -0.1) is 0 Å². The minimum atomic E-state index is -0.988. The molecule has 0 atom stereocenters. The molecule has 0 fully saturated rings. The van der Waals surface area contributed by atoms with Crippen molar-refractivity contribution in [3.63, 3.8) is 0 Å². The molecule has 1 rings (SSSR count). The normalized spacial score (nSPS) is 6.57. The van der Waals surface area contributed by atoms with Crippen LogP contribution in [0.4, 0.5) is 5.69 Å². The fourth-order valence-electron chi connectivity index (χ4n) is 0.692. The molecule has 7 heteroatoms. The maximum absolute atomic E-state index is 10.3. The summed E-state index contributed by atoms with van der Waals surface area (Å²) in [5.74, 6) is -0.988. The van der Waals surface area contributed by atoms with Gasteiger partial charge in [0, 0.05) is 5.69 Å². The van der Waals surface area contributed by atoms with Gasteiger partial charge in [-0.2, -0.15) is 0 Å². The van der Waals surface area contributed by atoms with Crippen LogP contribution in [0.3, 0.4) is 0 Å². The van der Waals surface area contributed by atoms with Crippen LogP contribution >= 0.6 is 0 Å². The van der Waals surface area contributed by atoms with Gasteiger partial charge in [0.2, 0.25) is 0 Å². The quantitative estimate of drug-likeness (QED) is 0.465. The van der Waals surface area contributed by atoms with E-state index in [1.807, 2.05) is 0 Å². The topological polar surface area (TPSA) is 63.3 Å². The number of nitrogens with two attached hydrogens (primary N) is 1. The van der Waals surface area contributed by atoms with Gasteiger partial charge in [-0.1, -0.05) is 12.1 Å². The molecular weight excluding hydrogens is 388 g/mol. The van der Waals surface area contributed by atoms with Crippen LogP contribution in [0, 0.1) is 49.4 Å². The predicted molar refractivity (Wildman–Crippen MR) is 37.8 cm³/mol. The number of anilines is 1. The summed E-state index contributed by atoms with van der Waals surface area (Å²) in [6, 6.07) is 6.36. The first-order valence-electron chi connectivity index (χ1n) is 2.79. The average Bonchev–Trinajstić information content (AvgIpc) is 1.88. The molecule has 1 aromatic carbocycles. The summed E-state index contributed by atoms with van der Waals surface area (Å²) in [4.78, 5) is 10.3. The number of rotatable bonds is 1. The van der Waals surface area contributed by atoms with Crippen molar-refractivity contribution in [1.82, 2.24) is 0 Å². The molecule has 0 unspecified atom stereocenters. The van der Waals surface area contributed by atoms with Crippen LogP contribution in [0.5, 0.6) is 0 Å². The van der Waals surface area contributed by atoms with E-state index in [1.165, 1.54) is 6.07 Å². The minimum Gasteiger partial charge on any atom is -1.00 e. The molecule has 80 valence electrons. The van der Waals surface area contributed by atoms with Crippen molar-refractivity contribution in [2.24, 2.45) is 0 Å². The molecule has 0 bridgehead atoms. The zero-order valence-corrected chi connectivity index (χ0v) is 11.4. The number of carboxylic acids is 1. The fraction of sp³-hybridized carbons (Fsp3) is 0. The Kier molecular flexibility index (Phi) is 20.8. The summed E-state index contributed by atoms with van der Waals surface area (Å²) < 4.78 is 0. The van der Waals surface area contributed by atoms with Crippen LogP contribution in [0.1, 0.15) is 10.4 Å². The van der Waals surface area contributed by atoms with Gasteiger partial charge in [0.05, 0.1) is 5.56 Å². The largest absolute Gasteiger partial charge is 3.00 e. The number of carboxylic acid groups (broad SMARTS) is 1. The van der Waals surface area contributed by atoms with Gasteiger partial charge in [-0.05, 0) is 12.1 Å². The Hall–Kier alpha value is 0.944. The Morgan fingerprint density at radius 2 is 1.57 bits per heavy atom. The van der Waals surface area contributed by atoms with E-state index in [4.69, 9.17) is 10.8 Å². The third-order valence-corrected chi connectivity index (χ3v) is 1.19. The van der Waals surface area contributed by atoms with Gasteiger partial charge < -0.3 is 48.1 Å². The Balaban J connectivity index is -0.000000125. The van der Waals surface area contributed by atoms with Crippen molar-refractivity contribution in [3.05, 3.63) is 29.8 Å². The van der Waals surface area contributed by atoms with Gasteiger partial charge in [-0.25, -0.2) is 4.79 Å². The maximum Gasteiger partial charge on any atom is 3.00 e. The summed E-state index contributed by atoms with van der Waals surface area (Å²) >= 11 is 0. The van der Waals surface area contributed by atoms with E-state index in [0.717, 1.165) is 0 Å². The number of aromatic carboxylic acids is 1. The molecule has 0 aliphatic heterocycles. The molecule has 0 saturated heterocycles. The number of para-hydroxylation sites is 1. The van der Waals surface area contributed by atoms with Crippen molar-refractivity contribution in [2.75, 3.05) is 5.73 Å². The van der Waals surface area contributed by atoms with Crippen LogP contribution in [0.15, 0.2) is 24.3 Å². The second-order valence-electron chi connectivity index (χ2n) is 1.89. The molecule has 0 amide bonds. The van der Waals surface area contributed by atoms with Crippen LogP contribution in [0.25, 0.3) is 0 Å². The Labute approximate surface area is 142 Å². The second kappa shape index (κ2) is 12.0. The average molecular weight is 395 g/mol. The van der Waals surface area contributed by atoms with Gasteiger partial charge in [-0.3, -0.25) is 0 Å². The number of carbonyl (C=O) groups is 1. The molecule has 0 heterocycles. The van der Waals surface area contributed by atoms with E-state index in [1.54, 1.807) is 18.2 Å². The van der Waals surface area contributed by atoms with Gasteiger partial charge in [0.1, 0.15) is 0 Å². The Morgan fingerprint density at radius 3 is 1.86 bits per heavy atom. The standard InChI is InChI=1S/C7H7NO2.3ClH.Eu/c8-6-4-2-1-3-5(6)7(9)10;;;;/h1-4H,8H2,(H,9,10);3*1H;/q;;;;+3/p-3. The first kappa shape index (κ1) is 24.3. The number of halogens is 3. The molecule has 0 radical (unpaired) electrons. The Morgan fingerprint density at radius 1 is 1.14 bits per heavy atom. The number of nitrogen functional groups attached to an aromatic ring is 1. The van der Waals surface area contributed by atoms with Crippen molar-refractivity contribution < 1.29 is 96.5 Å². The molecule has 0 aliphatic rings. The molecule has 3 nitrogen and oxygen atoms in total. The summed E-state index contributed by atoms with van der Waals surface area (Å²) in [7, 11) is 0. The number of hydrogen-bond acceptors (Lipinski definition) is 2. The van der Waals surface area contributed by atoms with Gasteiger partial charge >= 0.3 is 55.3 Å². The minimum absolute atomic E-state index is 0. The van der Waals surface area contributed by atoms with E-state index in [-0.39, 0.29) is 92.2 Å². The smallest absolute Gasteiger partial charge is 1.00 e. The molecule has 0 aromatic heterocycles. The van der Waals surface area contributed by atoms with E-state index in [9.17, 15) is 4.79 Å².